The molecule has 0 atom stereocenters. The Kier molecular flexibility index (Phi) is 4.70. The lowest BCUT2D eigenvalue weighted by atomic mass is 10.0. The van der Waals surface area contributed by atoms with Crippen molar-refractivity contribution in [3.63, 3.8) is 0 Å². The van der Waals surface area contributed by atoms with Crippen LogP contribution in [0.25, 0.3) is 11.0 Å². The molecule has 30 heavy (non-hydrogen) atoms. The van der Waals surface area contributed by atoms with E-state index in [1.54, 1.807) is 0 Å². The van der Waals surface area contributed by atoms with Gasteiger partial charge in [0.25, 0.3) is 0 Å². The Hall–Kier alpha value is -3.27. The molecule has 0 bridgehead atoms. The molecule has 4 heteroatoms. The first-order valence-corrected chi connectivity index (χ1v) is 10.5. The standard InChI is InChI=1S/C26H26N2O2/c1-26(2)17-20-11-8-14-23(25(20)30-26)29-18-24-27-21-12-6-7-13-22(21)28(24)16-15-19-9-4-3-5-10-19/h3-14H,15-18H2,1-2H3. The molecule has 1 aliphatic heterocycles. The quantitative estimate of drug-likeness (QED) is 0.426. The van der Waals surface area contributed by atoms with Gasteiger partial charge >= 0.3 is 0 Å². The van der Waals surface area contributed by atoms with Crippen molar-refractivity contribution in [1.82, 2.24) is 9.55 Å². The average molecular weight is 399 g/mol. The molecule has 2 heterocycles. The van der Waals surface area contributed by atoms with Gasteiger partial charge < -0.3 is 14.0 Å². The summed E-state index contributed by atoms with van der Waals surface area (Å²) in [6.07, 6.45) is 1.85. The van der Waals surface area contributed by atoms with Crippen LogP contribution in [-0.2, 0) is 26.0 Å². The van der Waals surface area contributed by atoms with Crippen LogP contribution in [0, 0.1) is 0 Å². The molecule has 0 amide bonds. The number of para-hydroxylation sites is 3. The normalized spacial score (nSPS) is 14.5. The summed E-state index contributed by atoms with van der Waals surface area (Å²) in [6, 6.07) is 25.0. The zero-order chi connectivity index (χ0) is 20.6. The van der Waals surface area contributed by atoms with Crippen molar-refractivity contribution < 1.29 is 9.47 Å². The zero-order valence-electron chi connectivity index (χ0n) is 17.5. The van der Waals surface area contributed by atoms with Crippen LogP contribution in [0.1, 0.15) is 30.8 Å². The average Bonchev–Trinajstić information content (AvgIpc) is 3.27. The number of rotatable bonds is 6. The molecule has 0 spiro atoms. The Labute approximate surface area is 177 Å². The number of hydrogen-bond donors (Lipinski definition) is 0. The lowest BCUT2D eigenvalue weighted by molar-refractivity contribution is 0.131. The van der Waals surface area contributed by atoms with E-state index < -0.39 is 0 Å². The number of aromatic nitrogens is 2. The molecule has 4 nitrogen and oxygen atoms in total. The van der Waals surface area contributed by atoms with Gasteiger partial charge in [0.15, 0.2) is 11.5 Å². The number of imidazole rings is 1. The zero-order valence-corrected chi connectivity index (χ0v) is 17.5. The molecule has 0 unspecified atom stereocenters. The van der Waals surface area contributed by atoms with Crippen molar-refractivity contribution in [3.8, 4) is 11.5 Å². The summed E-state index contributed by atoms with van der Waals surface area (Å²) in [6.45, 7) is 5.49. The monoisotopic (exact) mass is 398 g/mol. The van der Waals surface area contributed by atoms with Crippen LogP contribution in [0.15, 0.2) is 72.8 Å². The van der Waals surface area contributed by atoms with Gasteiger partial charge in [0.1, 0.15) is 18.0 Å². The summed E-state index contributed by atoms with van der Waals surface area (Å²) < 4.78 is 14.7. The number of benzene rings is 3. The van der Waals surface area contributed by atoms with E-state index in [9.17, 15) is 0 Å². The van der Waals surface area contributed by atoms with Crippen molar-refractivity contribution in [2.75, 3.05) is 0 Å². The van der Waals surface area contributed by atoms with Gasteiger partial charge in [-0.05, 0) is 44.0 Å². The SMILES string of the molecule is CC1(C)Cc2cccc(OCc3nc4ccccc4n3CCc3ccccc3)c2O1. The van der Waals surface area contributed by atoms with E-state index in [1.807, 2.05) is 18.2 Å². The van der Waals surface area contributed by atoms with Gasteiger partial charge in [0.05, 0.1) is 11.0 Å². The second kappa shape index (κ2) is 7.52. The number of hydrogen-bond acceptors (Lipinski definition) is 3. The summed E-state index contributed by atoms with van der Waals surface area (Å²) in [5, 5.41) is 0. The lowest BCUT2D eigenvalue weighted by Crippen LogP contribution is -2.24. The van der Waals surface area contributed by atoms with Crippen molar-refractivity contribution in [1.29, 1.82) is 0 Å². The molecule has 152 valence electrons. The van der Waals surface area contributed by atoms with Crippen LogP contribution in [0.2, 0.25) is 0 Å². The van der Waals surface area contributed by atoms with Crippen molar-refractivity contribution in [2.24, 2.45) is 0 Å². The first-order valence-electron chi connectivity index (χ1n) is 10.5. The molecule has 5 rings (SSSR count). The Morgan fingerprint density at radius 3 is 2.63 bits per heavy atom. The third-order valence-corrected chi connectivity index (χ3v) is 5.61. The molecule has 1 aromatic heterocycles. The van der Waals surface area contributed by atoms with Gasteiger partial charge in [-0.3, -0.25) is 0 Å². The minimum absolute atomic E-state index is 0.190. The topological polar surface area (TPSA) is 36.3 Å². The highest BCUT2D eigenvalue weighted by atomic mass is 16.5. The van der Waals surface area contributed by atoms with Gasteiger partial charge in [-0.25, -0.2) is 4.98 Å². The van der Waals surface area contributed by atoms with Crippen molar-refractivity contribution >= 4 is 11.0 Å². The number of ether oxygens (including phenoxy) is 2. The molecule has 3 aromatic carbocycles. The van der Waals surface area contributed by atoms with Gasteiger partial charge in [0, 0.05) is 18.5 Å². The summed E-state index contributed by atoms with van der Waals surface area (Å²) in [5.74, 6) is 2.59. The van der Waals surface area contributed by atoms with Gasteiger partial charge in [-0.2, -0.15) is 0 Å². The summed E-state index contributed by atoms with van der Waals surface area (Å²) in [7, 11) is 0. The van der Waals surface area contributed by atoms with E-state index in [1.165, 1.54) is 11.1 Å². The first kappa shape index (κ1) is 18.7. The van der Waals surface area contributed by atoms with Crippen LogP contribution < -0.4 is 9.47 Å². The fourth-order valence-corrected chi connectivity index (χ4v) is 4.21. The maximum absolute atomic E-state index is 6.24. The highest BCUT2D eigenvalue weighted by Gasteiger charge is 2.32. The van der Waals surface area contributed by atoms with E-state index >= 15 is 0 Å². The van der Waals surface area contributed by atoms with E-state index in [4.69, 9.17) is 14.5 Å². The van der Waals surface area contributed by atoms with Crippen LogP contribution >= 0.6 is 0 Å². The van der Waals surface area contributed by atoms with Gasteiger partial charge in [0.2, 0.25) is 0 Å². The molecule has 0 saturated heterocycles. The number of fused-ring (bicyclic) bond motifs is 2. The predicted octanol–water partition coefficient (Wildman–Crippen LogP) is 5.57. The second-order valence-corrected chi connectivity index (χ2v) is 8.48. The maximum atomic E-state index is 6.24. The van der Waals surface area contributed by atoms with Crippen molar-refractivity contribution in [2.45, 2.75) is 45.4 Å². The second-order valence-electron chi connectivity index (χ2n) is 8.48. The largest absolute Gasteiger partial charge is 0.483 e. The molecular weight excluding hydrogens is 372 g/mol. The smallest absolute Gasteiger partial charge is 0.165 e. The third-order valence-electron chi connectivity index (χ3n) is 5.61. The summed E-state index contributed by atoms with van der Waals surface area (Å²) in [4.78, 5) is 4.86. The fourth-order valence-electron chi connectivity index (χ4n) is 4.21. The Balaban J connectivity index is 1.41. The molecule has 4 aromatic rings. The highest BCUT2D eigenvalue weighted by Crippen LogP contribution is 2.42. The molecule has 0 fully saturated rings. The predicted molar refractivity (Wildman–Crippen MR) is 119 cm³/mol. The van der Waals surface area contributed by atoms with E-state index in [0.29, 0.717) is 6.61 Å². The van der Waals surface area contributed by atoms with E-state index in [0.717, 1.165) is 47.7 Å². The van der Waals surface area contributed by atoms with Crippen LogP contribution in [0.4, 0.5) is 0 Å². The third kappa shape index (κ3) is 3.65. The number of aryl methyl sites for hydroxylation is 2. The number of nitrogens with zero attached hydrogens (tertiary/aromatic N) is 2. The van der Waals surface area contributed by atoms with Crippen LogP contribution in [0.5, 0.6) is 11.5 Å². The van der Waals surface area contributed by atoms with Crippen LogP contribution in [-0.4, -0.2) is 15.2 Å². The molecule has 0 radical (unpaired) electrons. The molecule has 0 N–H and O–H groups in total. The highest BCUT2D eigenvalue weighted by molar-refractivity contribution is 5.75. The van der Waals surface area contributed by atoms with Crippen LogP contribution in [0.3, 0.4) is 0 Å². The van der Waals surface area contributed by atoms with Gasteiger partial charge in [-0.15, -0.1) is 0 Å². The van der Waals surface area contributed by atoms with E-state index in [2.05, 4.69) is 73.0 Å². The lowest BCUT2D eigenvalue weighted by Gasteiger charge is -2.18. The molecular formula is C26H26N2O2. The Morgan fingerprint density at radius 1 is 0.967 bits per heavy atom. The minimum atomic E-state index is -0.190. The Morgan fingerprint density at radius 2 is 1.77 bits per heavy atom. The minimum Gasteiger partial charge on any atom is -0.483 e. The summed E-state index contributed by atoms with van der Waals surface area (Å²) in [5.41, 5.74) is 4.47. The molecule has 1 aliphatic rings. The van der Waals surface area contributed by atoms with Gasteiger partial charge in [-0.1, -0.05) is 54.6 Å². The fraction of sp³-hybridized carbons (Fsp3) is 0.269. The Bertz CT molecular complexity index is 1180. The molecule has 0 saturated carbocycles. The van der Waals surface area contributed by atoms with Crippen molar-refractivity contribution in [3.05, 3.63) is 89.7 Å². The van der Waals surface area contributed by atoms with E-state index in [-0.39, 0.29) is 5.60 Å². The maximum Gasteiger partial charge on any atom is 0.165 e. The summed E-state index contributed by atoms with van der Waals surface area (Å²) >= 11 is 0. The first-order chi connectivity index (χ1) is 14.6. The molecule has 0 aliphatic carbocycles.